The second kappa shape index (κ2) is 8.69. The van der Waals surface area contributed by atoms with E-state index in [2.05, 4.69) is 10.6 Å². The molecule has 1 fully saturated rings. The molecule has 5 rings (SSSR count). The average molecular weight is 432 g/mol. The van der Waals surface area contributed by atoms with Crippen LogP contribution in [0.2, 0.25) is 0 Å². The van der Waals surface area contributed by atoms with Crippen LogP contribution >= 0.6 is 0 Å². The number of benzene rings is 2. The smallest absolute Gasteiger partial charge is 0.226 e. The van der Waals surface area contributed by atoms with E-state index in [0.717, 1.165) is 53.1 Å². The average Bonchev–Trinajstić information content (AvgIpc) is 3.29. The molecule has 1 unspecified atom stereocenters. The molecule has 1 amide bonds. The van der Waals surface area contributed by atoms with Gasteiger partial charge in [-0.25, -0.2) is 0 Å². The van der Waals surface area contributed by atoms with Crippen molar-refractivity contribution in [2.45, 2.75) is 57.5 Å². The number of hydrogen-bond donors (Lipinski definition) is 4. The summed E-state index contributed by atoms with van der Waals surface area (Å²) in [6.45, 7) is 0. The first kappa shape index (κ1) is 20.6. The van der Waals surface area contributed by atoms with Gasteiger partial charge in [-0.15, -0.1) is 0 Å². The maximum absolute atomic E-state index is 12.8. The van der Waals surface area contributed by atoms with E-state index in [1.165, 1.54) is 25.7 Å². The topological polar surface area (TPSA) is 94.0 Å². The first-order valence-corrected chi connectivity index (χ1v) is 11.5. The number of hydrogen-bond acceptors (Lipinski definition) is 5. The Balaban J connectivity index is 1.38. The van der Waals surface area contributed by atoms with Crippen LogP contribution in [0.5, 0.6) is 11.5 Å². The van der Waals surface area contributed by atoms with Crippen LogP contribution in [0.1, 0.15) is 55.2 Å². The SMILES string of the molecule is O=C(Cc1ccc(O)cc1)NC1NC2=C(N=C1CC1CCCC1)c1ccc(O)cc1CC2. The maximum Gasteiger partial charge on any atom is 0.226 e. The fraction of sp³-hybridized carbons (Fsp3) is 0.385. The van der Waals surface area contributed by atoms with Crippen molar-refractivity contribution in [3.05, 3.63) is 64.9 Å². The molecule has 32 heavy (non-hydrogen) atoms. The van der Waals surface area contributed by atoms with E-state index in [1.54, 1.807) is 30.3 Å². The molecule has 0 saturated heterocycles. The van der Waals surface area contributed by atoms with Gasteiger partial charge in [-0.05, 0) is 66.6 Å². The zero-order valence-electron chi connectivity index (χ0n) is 18.1. The molecule has 0 bridgehead atoms. The van der Waals surface area contributed by atoms with Crippen LogP contribution < -0.4 is 10.6 Å². The molecule has 4 N–H and O–H groups in total. The molecule has 2 aromatic rings. The zero-order chi connectivity index (χ0) is 22.1. The van der Waals surface area contributed by atoms with Crippen molar-refractivity contribution < 1.29 is 15.0 Å². The monoisotopic (exact) mass is 431 g/mol. The number of carbonyl (C=O) groups is 1. The van der Waals surface area contributed by atoms with Crippen LogP contribution in [-0.2, 0) is 17.6 Å². The van der Waals surface area contributed by atoms with E-state index in [0.29, 0.717) is 5.92 Å². The summed E-state index contributed by atoms with van der Waals surface area (Å²) < 4.78 is 0. The number of aliphatic imine (C=N–C) groups is 1. The minimum Gasteiger partial charge on any atom is -0.508 e. The molecule has 0 radical (unpaired) electrons. The largest absolute Gasteiger partial charge is 0.508 e. The van der Waals surface area contributed by atoms with Gasteiger partial charge in [0.2, 0.25) is 5.91 Å². The van der Waals surface area contributed by atoms with E-state index in [9.17, 15) is 15.0 Å². The number of nitrogens with zero attached hydrogens (tertiary/aromatic N) is 1. The minimum atomic E-state index is -0.308. The Morgan fingerprint density at radius 1 is 1.03 bits per heavy atom. The number of rotatable bonds is 5. The van der Waals surface area contributed by atoms with Gasteiger partial charge in [0.25, 0.3) is 0 Å². The van der Waals surface area contributed by atoms with Crippen molar-refractivity contribution in [2.75, 3.05) is 0 Å². The third-order valence-electron chi connectivity index (χ3n) is 6.76. The number of aromatic hydroxyl groups is 2. The molecule has 0 spiro atoms. The van der Waals surface area contributed by atoms with Crippen molar-refractivity contribution in [3.63, 3.8) is 0 Å². The number of aryl methyl sites for hydroxylation is 1. The van der Waals surface area contributed by atoms with Gasteiger partial charge in [-0.2, -0.15) is 0 Å². The molecule has 1 saturated carbocycles. The maximum atomic E-state index is 12.8. The van der Waals surface area contributed by atoms with Crippen LogP contribution in [0, 0.1) is 5.92 Å². The van der Waals surface area contributed by atoms with E-state index < -0.39 is 0 Å². The minimum absolute atomic E-state index is 0.0718. The summed E-state index contributed by atoms with van der Waals surface area (Å²) >= 11 is 0. The second-order valence-corrected chi connectivity index (χ2v) is 9.11. The van der Waals surface area contributed by atoms with Crippen molar-refractivity contribution in [1.29, 1.82) is 0 Å². The summed E-state index contributed by atoms with van der Waals surface area (Å²) in [6.07, 6.45) is 7.40. The van der Waals surface area contributed by atoms with Gasteiger partial charge in [0.1, 0.15) is 17.7 Å². The number of amides is 1. The fourth-order valence-electron chi connectivity index (χ4n) is 5.10. The van der Waals surface area contributed by atoms with Crippen LogP contribution in [0.15, 0.2) is 53.2 Å². The molecular formula is C26H29N3O3. The molecule has 6 heteroatoms. The highest BCUT2D eigenvalue weighted by Crippen LogP contribution is 2.37. The quantitative estimate of drug-likeness (QED) is 0.575. The molecule has 0 aromatic heterocycles. The lowest BCUT2D eigenvalue weighted by molar-refractivity contribution is -0.120. The molecule has 3 aliphatic rings. The number of carbonyl (C=O) groups excluding carboxylic acids is 1. The number of nitrogens with one attached hydrogen (secondary N) is 2. The summed E-state index contributed by atoms with van der Waals surface area (Å²) in [5.41, 5.74) is 6.02. The molecule has 1 atom stereocenters. The van der Waals surface area contributed by atoms with E-state index in [4.69, 9.17) is 4.99 Å². The predicted octanol–water partition coefficient (Wildman–Crippen LogP) is 4.02. The van der Waals surface area contributed by atoms with Crippen LogP contribution in [0.4, 0.5) is 0 Å². The van der Waals surface area contributed by atoms with Crippen LogP contribution in [0.25, 0.3) is 5.70 Å². The Labute approximate surface area is 188 Å². The normalized spacial score (nSPS) is 20.2. The Morgan fingerprint density at radius 2 is 1.78 bits per heavy atom. The molecule has 1 aliphatic heterocycles. The van der Waals surface area contributed by atoms with Crippen molar-refractivity contribution in [3.8, 4) is 11.5 Å². The van der Waals surface area contributed by atoms with Crippen molar-refractivity contribution >= 4 is 17.3 Å². The Morgan fingerprint density at radius 3 is 2.56 bits per heavy atom. The number of fused-ring (bicyclic) bond motifs is 2. The molecular weight excluding hydrogens is 402 g/mol. The van der Waals surface area contributed by atoms with E-state index in [-0.39, 0.29) is 30.0 Å². The molecule has 1 heterocycles. The third kappa shape index (κ3) is 4.35. The van der Waals surface area contributed by atoms with Gasteiger partial charge in [-0.1, -0.05) is 37.8 Å². The summed E-state index contributed by atoms with van der Waals surface area (Å²) in [6, 6.07) is 12.2. The third-order valence-corrected chi connectivity index (χ3v) is 6.76. The first-order chi connectivity index (χ1) is 15.5. The van der Waals surface area contributed by atoms with Gasteiger partial charge in [0, 0.05) is 11.3 Å². The summed E-state index contributed by atoms with van der Waals surface area (Å²) in [5.74, 6) is 1.01. The highest BCUT2D eigenvalue weighted by atomic mass is 16.3. The lowest BCUT2D eigenvalue weighted by atomic mass is 9.90. The molecule has 2 aromatic carbocycles. The zero-order valence-corrected chi connectivity index (χ0v) is 18.1. The van der Waals surface area contributed by atoms with E-state index in [1.807, 2.05) is 12.1 Å². The second-order valence-electron chi connectivity index (χ2n) is 9.11. The molecule has 166 valence electrons. The first-order valence-electron chi connectivity index (χ1n) is 11.5. The molecule has 2 aliphatic carbocycles. The highest BCUT2D eigenvalue weighted by molar-refractivity contribution is 5.99. The summed E-state index contributed by atoms with van der Waals surface area (Å²) in [5, 5.41) is 26.1. The lowest BCUT2D eigenvalue weighted by Gasteiger charge is -2.33. The van der Waals surface area contributed by atoms with Crippen LogP contribution in [0.3, 0.4) is 0 Å². The van der Waals surface area contributed by atoms with Gasteiger partial charge >= 0.3 is 0 Å². The molecule has 6 nitrogen and oxygen atoms in total. The van der Waals surface area contributed by atoms with Crippen molar-refractivity contribution in [2.24, 2.45) is 10.9 Å². The van der Waals surface area contributed by atoms with Gasteiger partial charge in [-0.3, -0.25) is 9.79 Å². The summed E-state index contributed by atoms with van der Waals surface area (Å²) in [4.78, 5) is 17.9. The Hall–Kier alpha value is -3.28. The standard InChI is InChI=1S/C26H29N3O3/c30-19-8-5-17(6-9-19)14-24(32)29-26-23(13-16-3-1-2-4-16)27-25-21-11-10-20(31)15-18(21)7-12-22(25)28-26/h5-6,8-11,15-16,26,28,30-31H,1-4,7,12-14H2,(H,29,32). The Bertz CT molecular complexity index is 1080. The van der Waals surface area contributed by atoms with Gasteiger partial charge in [0.05, 0.1) is 17.8 Å². The predicted molar refractivity (Wildman–Crippen MR) is 124 cm³/mol. The number of allylic oxidation sites excluding steroid dienone is 1. The Kier molecular flexibility index (Phi) is 5.60. The summed E-state index contributed by atoms with van der Waals surface area (Å²) in [7, 11) is 0. The number of phenolic OH excluding ortho intramolecular Hbond substituents is 2. The van der Waals surface area contributed by atoms with Crippen molar-refractivity contribution in [1.82, 2.24) is 10.6 Å². The van der Waals surface area contributed by atoms with E-state index >= 15 is 0 Å². The van der Waals surface area contributed by atoms with Gasteiger partial charge in [0.15, 0.2) is 0 Å². The number of phenols is 2. The fourth-order valence-corrected chi connectivity index (χ4v) is 5.10. The lowest BCUT2D eigenvalue weighted by Crippen LogP contribution is -2.53. The highest BCUT2D eigenvalue weighted by Gasteiger charge is 2.31. The van der Waals surface area contributed by atoms with Gasteiger partial charge < -0.3 is 20.8 Å². The van der Waals surface area contributed by atoms with Crippen LogP contribution in [-0.4, -0.2) is 28.0 Å².